The summed E-state index contributed by atoms with van der Waals surface area (Å²) in [5, 5.41) is 10.8. The zero-order valence-electron chi connectivity index (χ0n) is 16.6. The van der Waals surface area contributed by atoms with E-state index in [4.69, 9.17) is 9.47 Å². The molecule has 1 saturated carbocycles. The van der Waals surface area contributed by atoms with Crippen LogP contribution < -0.4 is 14.8 Å². The largest absolute Gasteiger partial charge is 0.493 e. The summed E-state index contributed by atoms with van der Waals surface area (Å²) < 4.78 is 10.7. The first-order chi connectivity index (χ1) is 13.0. The maximum atomic E-state index is 12.8. The van der Waals surface area contributed by atoms with Crippen LogP contribution in [0.2, 0.25) is 0 Å². The van der Waals surface area contributed by atoms with Crippen molar-refractivity contribution in [1.29, 1.82) is 0 Å². The van der Waals surface area contributed by atoms with Gasteiger partial charge in [-0.2, -0.15) is 5.10 Å². The molecule has 0 saturated heterocycles. The van der Waals surface area contributed by atoms with E-state index in [2.05, 4.69) is 29.4 Å². The van der Waals surface area contributed by atoms with Gasteiger partial charge in [-0.25, -0.2) is 0 Å². The molecular weight excluding hydrogens is 342 g/mol. The van der Waals surface area contributed by atoms with E-state index in [0.29, 0.717) is 17.4 Å². The number of nitrogens with one attached hydrogen (secondary N) is 2. The fourth-order valence-corrected chi connectivity index (χ4v) is 3.67. The molecule has 2 N–H and O–H groups in total. The summed E-state index contributed by atoms with van der Waals surface area (Å²) in [5.41, 5.74) is 3.35. The Morgan fingerprint density at radius 2 is 1.93 bits per heavy atom. The molecule has 1 aliphatic carbocycles. The minimum atomic E-state index is 0.0978. The smallest absolute Gasteiger partial charge is 0.227 e. The molecule has 0 spiro atoms. The van der Waals surface area contributed by atoms with Gasteiger partial charge in [0.05, 0.1) is 25.6 Å². The van der Waals surface area contributed by atoms with Crippen LogP contribution in [-0.2, 0) is 11.2 Å². The van der Waals surface area contributed by atoms with E-state index in [-0.39, 0.29) is 11.8 Å². The van der Waals surface area contributed by atoms with Gasteiger partial charge in [-0.3, -0.25) is 9.89 Å². The number of nitrogens with zero attached hydrogens (tertiary/aromatic N) is 1. The van der Waals surface area contributed by atoms with Crippen molar-refractivity contribution in [3.05, 3.63) is 23.9 Å². The number of H-pyrrole nitrogens is 1. The molecule has 1 aromatic heterocycles. The van der Waals surface area contributed by atoms with Gasteiger partial charge in [0.1, 0.15) is 5.69 Å². The second-order valence-electron chi connectivity index (χ2n) is 7.56. The number of hydrogen-bond acceptors (Lipinski definition) is 4. The van der Waals surface area contributed by atoms with Crippen LogP contribution in [0.4, 0.5) is 5.69 Å². The van der Waals surface area contributed by atoms with E-state index in [1.54, 1.807) is 14.2 Å². The molecule has 0 bridgehead atoms. The highest BCUT2D eigenvalue weighted by Crippen LogP contribution is 2.37. The summed E-state index contributed by atoms with van der Waals surface area (Å²) in [6.45, 7) is 4.30. The second-order valence-corrected chi connectivity index (χ2v) is 7.56. The molecule has 1 aliphatic rings. The Bertz CT molecular complexity index is 792. The Kier molecular flexibility index (Phi) is 6.04. The van der Waals surface area contributed by atoms with Crippen LogP contribution in [-0.4, -0.2) is 30.3 Å². The lowest BCUT2D eigenvalue weighted by atomic mass is 10.0. The van der Waals surface area contributed by atoms with Gasteiger partial charge in [-0.1, -0.05) is 26.7 Å². The van der Waals surface area contributed by atoms with Crippen LogP contribution in [0.5, 0.6) is 11.5 Å². The molecule has 3 rings (SSSR count). The van der Waals surface area contributed by atoms with Crippen molar-refractivity contribution in [3.63, 3.8) is 0 Å². The SMILES string of the molecule is COc1ccc(-c2n[nH]c(CC(C)C)c2NC(=O)C2CCCC2)cc1OC. The molecule has 0 radical (unpaired) electrons. The molecule has 0 aliphatic heterocycles. The first-order valence-electron chi connectivity index (χ1n) is 9.64. The number of aromatic amines is 1. The van der Waals surface area contributed by atoms with E-state index >= 15 is 0 Å². The van der Waals surface area contributed by atoms with Gasteiger partial charge < -0.3 is 14.8 Å². The Morgan fingerprint density at radius 3 is 2.56 bits per heavy atom. The molecule has 1 heterocycles. The number of ether oxygens (including phenoxy) is 2. The van der Waals surface area contributed by atoms with Crippen LogP contribution >= 0.6 is 0 Å². The van der Waals surface area contributed by atoms with E-state index in [9.17, 15) is 4.79 Å². The summed E-state index contributed by atoms with van der Waals surface area (Å²) >= 11 is 0. The van der Waals surface area contributed by atoms with Crippen LogP contribution in [0.25, 0.3) is 11.3 Å². The number of carbonyl (C=O) groups is 1. The maximum Gasteiger partial charge on any atom is 0.227 e. The van der Waals surface area contributed by atoms with Gasteiger partial charge in [0.2, 0.25) is 5.91 Å². The Morgan fingerprint density at radius 1 is 1.22 bits per heavy atom. The number of rotatable bonds is 7. The molecule has 0 atom stereocenters. The first-order valence-corrected chi connectivity index (χ1v) is 9.64. The Hall–Kier alpha value is -2.50. The highest BCUT2D eigenvalue weighted by molar-refractivity contribution is 5.97. The van der Waals surface area contributed by atoms with E-state index in [1.165, 1.54) is 0 Å². The van der Waals surface area contributed by atoms with Gasteiger partial charge >= 0.3 is 0 Å². The number of hydrogen-bond donors (Lipinski definition) is 2. The number of aromatic nitrogens is 2. The van der Waals surface area contributed by atoms with Crippen molar-refractivity contribution in [2.45, 2.75) is 46.0 Å². The number of methoxy groups -OCH3 is 2. The topological polar surface area (TPSA) is 76.2 Å². The molecule has 1 aromatic carbocycles. The fraction of sp³-hybridized carbons (Fsp3) is 0.524. The van der Waals surface area contributed by atoms with Gasteiger partial charge in [-0.15, -0.1) is 0 Å². The molecule has 1 fully saturated rings. The molecular formula is C21H29N3O3. The minimum absolute atomic E-state index is 0.0978. The van der Waals surface area contributed by atoms with E-state index in [1.807, 2.05) is 18.2 Å². The highest BCUT2D eigenvalue weighted by atomic mass is 16.5. The summed E-state index contributed by atoms with van der Waals surface area (Å²) in [4.78, 5) is 12.8. The third-order valence-electron chi connectivity index (χ3n) is 5.08. The van der Waals surface area contributed by atoms with E-state index in [0.717, 1.165) is 54.7 Å². The lowest BCUT2D eigenvalue weighted by Gasteiger charge is -2.14. The average Bonchev–Trinajstić information content (AvgIpc) is 3.32. The maximum absolute atomic E-state index is 12.8. The van der Waals surface area contributed by atoms with Crippen molar-refractivity contribution in [2.75, 3.05) is 19.5 Å². The van der Waals surface area contributed by atoms with Crippen LogP contribution in [0.3, 0.4) is 0 Å². The van der Waals surface area contributed by atoms with Gasteiger partial charge in [0.25, 0.3) is 0 Å². The van der Waals surface area contributed by atoms with Crippen molar-refractivity contribution >= 4 is 11.6 Å². The van der Waals surface area contributed by atoms with Crippen LogP contribution in [0, 0.1) is 11.8 Å². The summed E-state index contributed by atoms with van der Waals surface area (Å²) in [7, 11) is 3.22. The first kappa shape index (κ1) is 19.3. The lowest BCUT2D eigenvalue weighted by molar-refractivity contribution is -0.119. The zero-order valence-corrected chi connectivity index (χ0v) is 16.6. The molecule has 6 nitrogen and oxygen atoms in total. The van der Waals surface area contributed by atoms with Crippen molar-refractivity contribution in [1.82, 2.24) is 10.2 Å². The molecule has 146 valence electrons. The summed E-state index contributed by atoms with van der Waals surface area (Å²) in [6, 6.07) is 5.68. The summed E-state index contributed by atoms with van der Waals surface area (Å²) in [6.07, 6.45) is 5.01. The van der Waals surface area contributed by atoms with Crippen LogP contribution in [0.1, 0.15) is 45.2 Å². The zero-order chi connectivity index (χ0) is 19.4. The number of carbonyl (C=O) groups excluding carboxylic acids is 1. The highest BCUT2D eigenvalue weighted by Gasteiger charge is 2.26. The van der Waals surface area contributed by atoms with Crippen LogP contribution in [0.15, 0.2) is 18.2 Å². The number of amides is 1. The predicted octanol–water partition coefficient (Wildman–Crippen LogP) is 4.42. The third kappa shape index (κ3) is 4.26. The van der Waals surface area contributed by atoms with Crippen molar-refractivity contribution in [2.24, 2.45) is 11.8 Å². The Labute approximate surface area is 160 Å². The standard InChI is InChI=1S/C21H29N3O3/c1-13(2)11-16-20(22-21(25)14-7-5-6-8-14)19(24-23-16)15-9-10-17(26-3)18(12-15)27-4/h9-10,12-14H,5-8,11H2,1-4H3,(H,22,25)(H,23,24). The minimum Gasteiger partial charge on any atom is -0.493 e. The molecule has 27 heavy (non-hydrogen) atoms. The van der Waals surface area contributed by atoms with Crippen molar-refractivity contribution in [3.8, 4) is 22.8 Å². The normalized spacial score (nSPS) is 14.6. The monoisotopic (exact) mass is 371 g/mol. The Balaban J connectivity index is 1.97. The fourth-order valence-electron chi connectivity index (χ4n) is 3.67. The molecule has 6 heteroatoms. The third-order valence-corrected chi connectivity index (χ3v) is 5.08. The van der Waals surface area contributed by atoms with Gasteiger partial charge in [0, 0.05) is 11.5 Å². The lowest BCUT2D eigenvalue weighted by Crippen LogP contribution is -2.21. The predicted molar refractivity (Wildman–Crippen MR) is 106 cm³/mol. The molecule has 1 amide bonds. The molecule has 0 unspecified atom stereocenters. The van der Waals surface area contributed by atoms with E-state index < -0.39 is 0 Å². The average molecular weight is 371 g/mol. The van der Waals surface area contributed by atoms with Gasteiger partial charge in [0.15, 0.2) is 11.5 Å². The van der Waals surface area contributed by atoms with Gasteiger partial charge in [-0.05, 0) is 43.4 Å². The quantitative estimate of drug-likeness (QED) is 0.755. The molecule has 2 aromatic rings. The van der Waals surface area contributed by atoms with Crippen molar-refractivity contribution < 1.29 is 14.3 Å². The second kappa shape index (κ2) is 8.46. The number of anilines is 1. The summed E-state index contributed by atoms with van der Waals surface area (Å²) in [5.74, 6) is 1.95. The number of benzene rings is 1.